The molecular weight excluding hydrogens is 584 g/mol. The van der Waals surface area contributed by atoms with Crippen molar-refractivity contribution in [2.24, 2.45) is 20.0 Å². The highest BCUT2D eigenvalue weighted by Gasteiger charge is 2.13. The zero-order valence-electron chi connectivity index (χ0n) is 25.4. The Labute approximate surface area is 266 Å². The lowest BCUT2D eigenvalue weighted by Crippen LogP contribution is -2.19. The average Bonchev–Trinajstić information content (AvgIpc) is 3.82. The number of amidine groups is 4. The van der Waals surface area contributed by atoms with Gasteiger partial charge in [0.15, 0.2) is 0 Å². The molecule has 0 bridgehead atoms. The molecule has 0 spiro atoms. The van der Waals surface area contributed by atoms with Crippen molar-refractivity contribution >= 4 is 46.5 Å². The minimum atomic E-state index is -0.274. The van der Waals surface area contributed by atoms with Crippen molar-refractivity contribution in [3.63, 3.8) is 0 Å². The van der Waals surface area contributed by atoms with Gasteiger partial charge in [0.1, 0.15) is 34.5 Å². The number of benzene rings is 4. The molecule has 0 amide bonds. The highest BCUT2D eigenvalue weighted by Crippen LogP contribution is 2.37. The Morgan fingerprint density at radius 3 is 1.35 bits per heavy atom. The van der Waals surface area contributed by atoms with E-state index in [9.17, 15) is 10.2 Å². The standard InChI is InChI=1S/C34H34N8O4/c1-45-29-19-23(7-13-27(29)41-33(43)39-25-9-3-21(4-10-25)31-35-15-16-36-31)24-8-14-28(30(20-24)46-2)42-34(44)40-26-11-5-22(6-12-26)32-37-17-18-38-32/h3-14,19-20H,15-18H2,1-2H3,(H,35,36)(H,37,38)(H2,39,41,43)(H2,40,42,44). The fourth-order valence-corrected chi connectivity index (χ4v) is 5.05. The summed E-state index contributed by atoms with van der Waals surface area (Å²) in [5.41, 5.74) is 5.89. The van der Waals surface area contributed by atoms with E-state index in [2.05, 4.69) is 41.2 Å². The third-order valence-electron chi connectivity index (χ3n) is 7.32. The molecule has 2 heterocycles. The first-order valence-electron chi connectivity index (χ1n) is 14.7. The molecule has 0 aliphatic carbocycles. The molecule has 0 fully saturated rings. The summed E-state index contributed by atoms with van der Waals surface area (Å²) in [5, 5.41) is 33.4. The van der Waals surface area contributed by atoms with Crippen LogP contribution in [0.1, 0.15) is 11.1 Å². The number of nitrogens with one attached hydrogen (secondary N) is 4. The Kier molecular flexibility index (Phi) is 8.95. The number of methoxy groups -OCH3 is 2. The van der Waals surface area contributed by atoms with Crippen LogP contribution in [0.3, 0.4) is 0 Å². The van der Waals surface area contributed by atoms with Crippen LogP contribution in [0.5, 0.6) is 11.5 Å². The van der Waals surface area contributed by atoms with Gasteiger partial charge < -0.3 is 41.0 Å². The smallest absolute Gasteiger partial charge is 0.292 e. The van der Waals surface area contributed by atoms with Crippen molar-refractivity contribution in [2.45, 2.75) is 0 Å². The minimum Gasteiger partial charge on any atom is -0.494 e. The monoisotopic (exact) mass is 618 g/mol. The van der Waals surface area contributed by atoms with E-state index in [0.29, 0.717) is 34.2 Å². The third kappa shape index (κ3) is 7.02. The number of ether oxygens (including phenoxy) is 2. The molecule has 6 N–H and O–H groups in total. The zero-order valence-corrected chi connectivity index (χ0v) is 25.4. The maximum absolute atomic E-state index is 10.5. The summed E-state index contributed by atoms with van der Waals surface area (Å²) in [4.78, 5) is 17.5. The molecule has 4 aromatic carbocycles. The first-order chi connectivity index (χ1) is 22.5. The van der Waals surface area contributed by atoms with Gasteiger partial charge in [0.05, 0.1) is 27.3 Å². The van der Waals surface area contributed by atoms with Crippen molar-refractivity contribution in [3.05, 3.63) is 96.1 Å². The number of aliphatic hydroxyl groups excluding tert-OH is 2. The molecule has 4 aromatic rings. The molecule has 2 aliphatic heterocycles. The van der Waals surface area contributed by atoms with Crippen molar-refractivity contribution in [1.29, 1.82) is 0 Å². The van der Waals surface area contributed by atoms with Gasteiger partial charge in [-0.1, -0.05) is 12.1 Å². The molecule has 0 radical (unpaired) electrons. The SMILES string of the molecule is COc1cc(-c2ccc(N=C(O)Nc3ccc(C4=NCCN4)cc3)c(OC)c2)ccc1N=C(O)Nc1ccc(C2=NCCN2)cc1. The lowest BCUT2D eigenvalue weighted by atomic mass is 10.0. The quantitative estimate of drug-likeness (QED) is 0.108. The van der Waals surface area contributed by atoms with Crippen LogP contribution in [-0.4, -0.2) is 74.3 Å². The number of rotatable bonds is 9. The predicted molar refractivity (Wildman–Crippen MR) is 183 cm³/mol. The molecule has 234 valence electrons. The van der Waals surface area contributed by atoms with Crippen LogP contribution in [0, 0.1) is 0 Å². The summed E-state index contributed by atoms with van der Waals surface area (Å²) in [6.07, 6.45) is 0. The van der Waals surface area contributed by atoms with Gasteiger partial charge in [-0.25, -0.2) is 0 Å². The topological polar surface area (TPSA) is 156 Å². The Bertz CT molecular complexity index is 1700. The summed E-state index contributed by atoms with van der Waals surface area (Å²) < 4.78 is 11.2. The van der Waals surface area contributed by atoms with E-state index in [1.807, 2.05) is 72.8 Å². The van der Waals surface area contributed by atoms with Crippen LogP contribution in [0.25, 0.3) is 11.1 Å². The van der Waals surface area contributed by atoms with E-state index < -0.39 is 0 Å². The molecule has 0 aromatic heterocycles. The van der Waals surface area contributed by atoms with Gasteiger partial charge in [-0.3, -0.25) is 9.98 Å². The molecule has 12 heteroatoms. The largest absolute Gasteiger partial charge is 0.494 e. The maximum Gasteiger partial charge on any atom is 0.292 e. The van der Waals surface area contributed by atoms with Gasteiger partial charge in [-0.05, 0) is 83.9 Å². The van der Waals surface area contributed by atoms with Crippen LogP contribution in [0.15, 0.2) is 105 Å². The Morgan fingerprint density at radius 1 is 0.609 bits per heavy atom. The van der Waals surface area contributed by atoms with Crippen LogP contribution in [0.4, 0.5) is 22.7 Å². The second-order valence-electron chi connectivity index (χ2n) is 10.4. The average molecular weight is 619 g/mol. The van der Waals surface area contributed by atoms with Gasteiger partial charge in [0.25, 0.3) is 12.0 Å². The van der Waals surface area contributed by atoms with Crippen LogP contribution >= 0.6 is 0 Å². The minimum absolute atomic E-state index is 0.274. The zero-order chi connectivity index (χ0) is 31.9. The van der Waals surface area contributed by atoms with E-state index in [4.69, 9.17) is 9.47 Å². The van der Waals surface area contributed by atoms with Gasteiger partial charge in [0.2, 0.25) is 0 Å². The number of nitrogens with zero attached hydrogens (tertiary/aromatic N) is 4. The Balaban J connectivity index is 1.14. The second-order valence-corrected chi connectivity index (χ2v) is 10.4. The van der Waals surface area contributed by atoms with Crippen molar-refractivity contribution in [2.75, 3.05) is 51.0 Å². The maximum atomic E-state index is 10.5. The summed E-state index contributed by atoms with van der Waals surface area (Å²) in [6, 6.07) is 25.4. The van der Waals surface area contributed by atoms with Gasteiger partial charge >= 0.3 is 0 Å². The van der Waals surface area contributed by atoms with Gasteiger partial charge in [-0.15, -0.1) is 0 Å². The van der Waals surface area contributed by atoms with E-state index >= 15 is 0 Å². The lowest BCUT2D eigenvalue weighted by molar-refractivity contribution is 0.415. The summed E-state index contributed by atoms with van der Waals surface area (Å²) in [6.45, 7) is 3.21. The summed E-state index contributed by atoms with van der Waals surface area (Å²) in [5.74, 6) is 2.68. The molecule has 6 rings (SSSR count). The van der Waals surface area contributed by atoms with Crippen LogP contribution in [-0.2, 0) is 0 Å². The normalized spacial score (nSPS) is 14.6. The number of hydrogen-bond donors (Lipinski definition) is 6. The predicted octanol–water partition coefficient (Wildman–Crippen LogP) is 5.39. The van der Waals surface area contributed by atoms with E-state index in [0.717, 1.165) is 60.1 Å². The second kappa shape index (κ2) is 13.7. The van der Waals surface area contributed by atoms with Gasteiger partial charge in [0, 0.05) is 35.6 Å². The lowest BCUT2D eigenvalue weighted by Gasteiger charge is -2.12. The van der Waals surface area contributed by atoms with Crippen molar-refractivity contribution < 1.29 is 19.7 Å². The highest BCUT2D eigenvalue weighted by molar-refractivity contribution is 6.01. The molecule has 12 nitrogen and oxygen atoms in total. The Morgan fingerprint density at radius 2 is 1.00 bits per heavy atom. The highest BCUT2D eigenvalue weighted by atomic mass is 16.5. The molecule has 0 saturated heterocycles. The molecule has 0 atom stereocenters. The molecule has 0 unspecified atom stereocenters. The summed E-state index contributed by atoms with van der Waals surface area (Å²) in [7, 11) is 3.09. The molecule has 46 heavy (non-hydrogen) atoms. The summed E-state index contributed by atoms with van der Waals surface area (Å²) >= 11 is 0. The third-order valence-corrected chi connectivity index (χ3v) is 7.32. The first-order valence-corrected chi connectivity index (χ1v) is 14.7. The van der Waals surface area contributed by atoms with E-state index in [1.54, 1.807) is 26.4 Å². The fraction of sp³-hybridized carbons (Fsp3) is 0.176. The first kappa shape index (κ1) is 30.0. The number of aliphatic imine (C=N–C) groups is 4. The molecular formula is C34H34N8O4. The number of anilines is 2. The van der Waals surface area contributed by atoms with Crippen molar-refractivity contribution in [3.8, 4) is 22.6 Å². The van der Waals surface area contributed by atoms with E-state index in [1.165, 1.54) is 0 Å². The van der Waals surface area contributed by atoms with Crippen LogP contribution < -0.4 is 30.7 Å². The van der Waals surface area contributed by atoms with Gasteiger partial charge in [-0.2, -0.15) is 9.98 Å². The Hall–Kier alpha value is -6.04. The molecule has 2 aliphatic rings. The van der Waals surface area contributed by atoms with E-state index in [-0.39, 0.29) is 12.0 Å². The molecule has 0 saturated carbocycles. The number of aliphatic hydroxyl groups is 2. The van der Waals surface area contributed by atoms with Crippen LogP contribution in [0.2, 0.25) is 0 Å². The fourth-order valence-electron chi connectivity index (χ4n) is 5.05. The number of hydrogen-bond acceptors (Lipinski definition) is 8. The van der Waals surface area contributed by atoms with Crippen molar-refractivity contribution in [1.82, 2.24) is 10.6 Å².